The average Bonchev–Trinajstić information content (AvgIpc) is 2.29. The molecule has 0 amide bonds. The van der Waals surface area contributed by atoms with E-state index in [1.54, 1.807) is 6.20 Å². The van der Waals surface area contributed by atoms with Gasteiger partial charge in [-0.15, -0.1) is 0 Å². The van der Waals surface area contributed by atoms with Crippen molar-refractivity contribution in [3.8, 4) is 0 Å². The molecule has 0 atom stereocenters. The molecule has 0 fully saturated rings. The molecule has 1 aromatic rings. The summed E-state index contributed by atoms with van der Waals surface area (Å²) in [7, 11) is 1.32. The van der Waals surface area contributed by atoms with Gasteiger partial charge in [-0.05, 0) is 18.6 Å². The molecule has 0 radical (unpaired) electrons. The van der Waals surface area contributed by atoms with E-state index in [-0.39, 0.29) is 24.6 Å². The number of carbonyl (C=O) groups excluding carboxylic acids is 2. The van der Waals surface area contributed by atoms with Gasteiger partial charge in [0.15, 0.2) is 0 Å². The Morgan fingerprint density at radius 2 is 2.06 bits per heavy atom. The lowest BCUT2D eigenvalue weighted by Crippen LogP contribution is -2.08. The summed E-state index contributed by atoms with van der Waals surface area (Å²) in [6.45, 7) is 1.89. The van der Waals surface area contributed by atoms with Crippen LogP contribution in [0.25, 0.3) is 0 Å². The number of hydrogen-bond acceptors (Lipinski definition) is 4. The Morgan fingerprint density at radius 1 is 1.31 bits per heavy atom. The molecule has 0 unspecified atom stereocenters. The largest absolute Gasteiger partial charge is 0.469 e. The Bertz CT molecular complexity index is 370. The second-order valence-electron chi connectivity index (χ2n) is 3.60. The smallest absolute Gasteiger partial charge is 0.305 e. The number of carbonyl (C=O) groups is 2. The molecule has 1 heterocycles. The monoisotopic (exact) mass is 221 g/mol. The Morgan fingerprint density at radius 3 is 2.62 bits per heavy atom. The van der Waals surface area contributed by atoms with Crippen molar-refractivity contribution in [3.05, 3.63) is 29.6 Å². The van der Waals surface area contributed by atoms with Gasteiger partial charge >= 0.3 is 5.97 Å². The zero-order chi connectivity index (χ0) is 12.0. The third kappa shape index (κ3) is 4.21. The molecule has 0 spiro atoms. The molecular formula is C12H15NO3. The summed E-state index contributed by atoms with van der Waals surface area (Å²) in [6, 6.07) is 3.74. The summed E-state index contributed by atoms with van der Waals surface area (Å²) in [5.41, 5.74) is 1.80. The summed E-state index contributed by atoms with van der Waals surface area (Å²) in [6.07, 6.45) is 2.38. The maximum absolute atomic E-state index is 11.5. The maximum atomic E-state index is 11.5. The van der Waals surface area contributed by atoms with Crippen LogP contribution < -0.4 is 0 Å². The quantitative estimate of drug-likeness (QED) is 0.706. The number of esters is 1. The number of ether oxygens (including phenoxy) is 1. The van der Waals surface area contributed by atoms with E-state index in [1.165, 1.54) is 7.11 Å². The fourth-order valence-corrected chi connectivity index (χ4v) is 1.26. The van der Waals surface area contributed by atoms with Crippen LogP contribution in [0.3, 0.4) is 0 Å². The van der Waals surface area contributed by atoms with E-state index in [4.69, 9.17) is 0 Å². The summed E-state index contributed by atoms with van der Waals surface area (Å²) in [5.74, 6) is -0.327. The van der Waals surface area contributed by atoms with Crippen LogP contribution >= 0.6 is 0 Å². The molecule has 0 bridgehead atoms. The third-order valence-corrected chi connectivity index (χ3v) is 2.21. The number of nitrogens with zero attached hydrogens (tertiary/aromatic N) is 1. The molecule has 0 N–H and O–H groups in total. The first-order chi connectivity index (χ1) is 7.61. The number of rotatable bonds is 5. The standard InChI is InChI=1S/C12H15NO3/c1-9-3-4-10(8-13-9)7-11(14)5-6-12(15)16-2/h3-4,8H,5-7H2,1-2H3. The van der Waals surface area contributed by atoms with Crippen molar-refractivity contribution in [3.63, 3.8) is 0 Å². The minimum Gasteiger partial charge on any atom is -0.469 e. The van der Waals surface area contributed by atoms with Gasteiger partial charge in [-0.1, -0.05) is 6.07 Å². The van der Waals surface area contributed by atoms with Crippen molar-refractivity contribution in [2.75, 3.05) is 7.11 Å². The highest BCUT2D eigenvalue weighted by Gasteiger charge is 2.07. The van der Waals surface area contributed by atoms with Crippen LogP contribution in [0, 0.1) is 6.92 Å². The topological polar surface area (TPSA) is 56.3 Å². The highest BCUT2D eigenvalue weighted by atomic mass is 16.5. The molecule has 86 valence electrons. The number of ketones is 1. The molecule has 0 aliphatic rings. The molecule has 0 aliphatic carbocycles. The molecule has 0 aliphatic heterocycles. The predicted molar refractivity (Wildman–Crippen MR) is 58.9 cm³/mol. The van der Waals surface area contributed by atoms with Crippen molar-refractivity contribution >= 4 is 11.8 Å². The number of hydrogen-bond donors (Lipinski definition) is 0. The van der Waals surface area contributed by atoms with E-state index in [9.17, 15) is 9.59 Å². The minimum atomic E-state index is -0.351. The molecule has 4 nitrogen and oxygen atoms in total. The van der Waals surface area contributed by atoms with Gasteiger partial charge in [0, 0.05) is 24.7 Å². The van der Waals surface area contributed by atoms with Crippen molar-refractivity contribution in [2.24, 2.45) is 0 Å². The first kappa shape index (κ1) is 12.4. The molecule has 0 saturated carbocycles. The van der Waals surface area contributed by atoms with Crippen molar-refractivity contribution in [1.82, 2.24) is 4.98 Å². The van der Waals surface area contributed by atoms with Crippen molar-refractivity contribution in [2.45, 2.75) is 26.2 Å². The Labute approximate surface area is 94.6 Å². The van der Waals surface area contributed by atoms with E-state index >= 15 is 0 Å². The van der Waals surface area contributed by atoms with Gasteiger partial charge in [0.25, 0.3) is 0 Å². The van der Waals surface area contributed by atoms with E-state index in [0.717, 1.165) is 11.3 Å². The summed E-state index contributed by atoms with van der Waals surface area (Å²) >= 11 is 0. The van der Waals surface area contributed by atoms with Crippen molar-refractivity contribution in [1.29, 1.82) is 0 Å². The van der Waals surface area contributed by atoms with Gasteiger partial charge in [-0.2, -0.15) is 0 Å². The Hall–Kier alpha value is -1.71. The summed E-state index contributed by atoms with van der Waals surface area (Å²) in [5, 5.41) is 0. The van der Waals surface area contributed by atoms with E-state index in [0.29, 0.717) is 6.42 Å². The number of aryl methyl sites for hydroxylation is 1. The number of pyridine rings is 1. The molecule has 0 saturated heterocycles. The van der Waals surface area contributed by atoms with Crippen LogP contribution in [0.2, 0.25) is 0 Å². The van der Waals surface area contributed by atoms with Crippen LogP contribution in [0.4, 0.5) is 0 Å². The van der Waals surface area contributed by atoms with Gasteiger partial charge in [0.05, 0.1) is 13.5 Å². The zero-order valence-corrected chi connectivity index (χ0v) is 9.53. The van der Waals surface area contributed by atoms with Gasteiger partial charge in [0.2, 0.25) is 0 Å². The lowest BCUT2D eigenvalue weighted by molar-refractivity contribution is -0.141. The summed E-state index contributed by atoms with van der Waals surface area (Å²) < 4.78 is 4.46. The zero-order valence-electron chi connectivity index (χ0n) is 9.53. The van der Waals surface area contributed by atoms with Crippen LogP contribution in [0.5, 0.6) is 0 Å². The molecule has 1 aromatic heterocycles. The third-order valence-electron chi connectivity index (χ3n) is 2.21. The van der Waals surface area contributed by atoms with Gasteiger partial charge in [-0.3, -0.25) is 14.6 Å². The van der Waals surface area contributed by atoms with Crippen molar-refractivity contribution < 1.29 is 14.3 Å². The highest BCUT2D eigenvalue weighted by Crippen LogP contribution is 2.04. The van der Waals surface area contributed by atoms with Crippen LogP contribution in [0.1, 0.15) is 24.1 Å². The van der Waals surface area contributed by atoms with Crippen LogP contribution in [0.15, 0.2) is 18.3 Å². The van der Waals surface area contributed by atoms with Gasteiger partial charge in [0.1, 0.15) is 5.78 Å². The van der Waals surface area contributed by atoms with Gasteiger partial charge < -0.3 is 4.74 Å². The van der Waals surface area contributed by atoms with Crippen LogP contribution in [-0.2, 0) is 20.7 Å². The normalized spacial score (nSPS) is 9.88. The van der Waals surface area contributed by atoms with E-state index < -0.39 is 0 Å². The maximum Gasteiger partial charge on any atom is 0.305 e. The molecule has 1 rings (SSSR count). The number of Topliss-reactive ketones (excluding diaryl/α,β-unsaturated/α-hetero) is 1. The fourth-order valence-electron chi connectivity index (χ4n) is 1.26. The SMILES string of the molecule is COC(=O)CCC(=O)Cc1ccc(C)nc1. The second-order valence-corrected chi connectivity index (χ2v) is 3.60. The first-order valence-electron chi connectivity index (χ1n) is 5.12. The number of methoxy groups -OCH3 is 1. The highest BCUT2D eigenvalue weighted by molar-refractivity contribution is 5.84. The van der Waals surface area contributed by atoms with E-state index in [2.05, 4.69) is 9.72 Å². The Balaban J connectivity index is 2.40. The van der Waals surface area contributed by atoms with E-state index in [1.807, 2.05) is 19.1 Å². The average molecular weight is 221 g/mol. The predicted octanol–water partition coefficient (Wildman–Crippen LogP) is 1.45. The second kappa shape index (κ2) is 6.00. The Kier molecular flexibility index (Phi) is 4.64. The first-order valence-corrected chi connectivity index (χ1v) is 5.12. The lowest BCUT2D eigenvalue weighted by atomic mass is 10.1. The molecule has 16 heavy (non-hydrogen) atoms. The molecular weight excluding hydrogens is 206 g/mol. The lowest BCUT2D eigenvalue weighted by Gasteiger charge is -2.01. The van der Waals surface area contributed by atoms with Crippen LogP contribution in [-0.4, -0.2) is 23.8 Å². The minimum absolute atomic E-state index is 0.0241. The fraction of sp³-hybridized carbons (Fsp3) is 0.417. The summed E-state index contributed by atoms with van der Waals surface area (Å²) in [4.78, 5) is 26.4. The van der Waals surface area contributed by atoms with Gasteiger partial charge in [-0.25, -0.2) is 0 Å². The number of aromatic nitrogens is 1. The molecule has 0 aromatic carbocycles. The molecule has 4 heteroatoms.